The molecular formula is C18H24F3N3O2S. The lowest BCUT2D eigenvalue weighted by atomic mass is 10.1. The van der Waals surface area contributed by atoms with Gasteiger partial charge in [-0.2, -0.15) is 13.2 Å². The summed E-state index contributed by atoms with van der Waals surface area (Å²) in [7, 11) is 1.68. The Morgan fingerprint density at radius 1 is 1.30 bits per heavy atom. The zero-order valence-corrected chi connectivity index (χ0v) is 16.4. The fourth-order valence-electron chi connectivity index (χ4n) is 2.86. The van der Waals surface area contributed by atoms with Gasteiger partial charge in [-0.25, -0.2) is 4.79 Å². The second-order valence-electron chi connectivity index (χ2n) is 6.39. The molecule has 0 aliphatic carbocycles. The van der Waals surface area contributed by atoms with Gasteiger partial charge in [0.05, 0.1) is 10.8 Å². The van der Waals surface area contributed by atoms with Crippen molar-refractivity contribution < 1.29 is 22.8 Å². The Kier molecular flexibility index (Phi) is 7.02. The number of carbonyl (C=O) groups excluding carboxylic acids is 2. The Hall–Kier alpha value is -1.90. The van der Waals surface area contributed by atoms with Crippen LogP contribution in [0, 0.1) is 0 Å². The minimum absolute atomic E-state index is 0.0365. The largest absolute Gasteiger partial charge is 0.416 e. The molecule has 0 spiro atoms. The summed E-state index contributed by atoms with van der Waals surface area (Å²) in [4.78, 5) is 27.4. The number of hydrogen-bond donors (Lipinski definition) is 1. The van der Waals surface area contributed by atoms with Crippen molar-refractivity contribution >= 4 is 23.7 Å². The summed E-state index contributed by atoms with van der Waals surface area (Å²) < 4.78 is 38.3. The third-order valence-corrected chi connectivity index (χ3v) is 5.73. The number of carbonyl (C=O) groups is 2. The molecule has 3 amide bonds. The fourth-order valence-corrected chi connectivity index (χ4v) is 4.17. The summed E-state index contributed by atoms with van der Waals surface area (Å²) in [6.45, 7) is 5.09. The van der Waals surface area contributed by atoms with Gasteiger partial charge < -0.3 is 15.1 Å². The molecule has 1 fully saturated rings. The maximum Gasteiger partial charge on any atom is 0.416 e. The van der Waals surface area contributed by atoms with Crippen LogP contribution in [-0.2, 0) is 11.0 Å². The topological polar surface area (TPSA) is 52.7 Å². The SMILES string of the molecule is CCNC(=O)N(C)CCCN1C(=O)[C@@H](C)S[C@@H]1c1ccc(C(F)(F)F)cc1. The van der Waals surface area contributed by atoms with Crippen molar-refractivity contribution in [1.29, 1.82) is 0 Å². The number of nitrogens with zero attached hydrogens (tertiary/aromatic N) is 2. The molecule has 1 saturated heterocycles. The van der Waals surface area contributed by atoms with Crippen molar-refractivity contribution in [2.75, 3.05) is 26.7 Å². The number of amides is 3. The minimum Gasteiger partial charge on any atom is -0.338 e. The molecule has 27 heavy (non-hydrogen) atoms. The molecule has 150 valence electrons. The molecule has 9 heteroatoms. The normalized spacial score (nSPS) is 20.1. The van der Waals surface area contributed by atoms with E-state index in [1.165, 1.54) is 23.9 Å². The number of rotatable bonds is 6. The van der Waals surface area contributed by atoms with Crippen LogP contribution < -0.4 is 5.32 Å². The lowest BCUT2D eigenvalue weighted by molar-refractivity contribution is -0.137. The minimum atomic E-state index is -4.38. The number of halogens is 3. The highest BCUT2D eigenvalue weighted by Gasteiger charge is 2.38. The number of benzene rings is 1. The summed E-state index contributed by atoms with van der Waals surface area (Å²) in [6.07, 6.45) is -3.79. The average molecular weight is 403 g/mol. The predicted molar refractivity (Wildman–Crippen MR) is 99.3 cm³/mol. The molecule has 0 aromatic heterocycles. The zero-order chi connectivity index (χ0) is 20.2. The summed E-state index contributed by atoms with van der Waals surface area (Å²) in [5, 5.41) is 2.14. The van der Waals surface area contributed by atoms with Gasteiger partial charge in [-0.05, 0) is 38.0 Å². The van der Waals surface area contributed by atoms with E-state index in [4.69, 9.17) is 0 Å². The van der Waals surface area contributed by atoms with Crippen LogP contribution in [0.4, 0.5) is 18.0 Å². The quantitative estimate of drug-likeness (QED) is 0.788. The molecular weight excluding hydrogens is 379 g/mol. The molecule has 1 aromatic carbocycles. The first-order valence-electron chi connectivity index (χ1n) is 8.77. The Morgan fingerprint density at radius 2 is 1.93 bits per heavy atom. The van der Waals surface area contributed by atoms with Crippen molar-refractivity contribution in [3.8, 4) is 0 Å². The Balaban J connectivity index is 2.03. The maximum atomic E-state index is 12.8. The van der Waals surface area contributed by atoms with E-state index in [0.29, 0.717) is 31.6 Å². The first-order valence-corrected chi connectivity index (χ1v) is 9.71. The summed E-state index contributed by atoms with van der Waals surface area (Å²) in [5.74, 6) is -0.0365. The van der Waals surface area contributed by atoms with Crippen molar-refractivity contribution in [2.24, 2.45) is 0 Å². The molecule has 5 nitrogen and oxygen atoms in total. The second-order valence-corrected chi connectivity index (χ2v) is 7.82. The highest BCUT2D eigenvalue weighted by atomic mass is 32.2. The molecule has 2 atom stereocenters. The molecule has 0 bridgehead atoms. The van der Waals surface area contributed by atoms with Crippen LogP contribution in [0.2, 0.25) is 0 Å². The van der Waals surface area contributed by atoms with E-state index in [-0.39, 0.29) is 22.6 Å². The predicted octanol–water partition coefficient (Wildman–Crippen LogP) is 3.72. The van der Waals surface area contributed by atoms with Gasteiger partial charge in [0.15, 0.2) is 0 Å². The van der Waals surface area contributed by atoms with E-state index >= 15 is 0 Å². The molecule has 0 unspecified atom stereocenters. The smallest absolute Gasteiger partial charge is 0.338 e. The van der Waals surface area contributed by atoms with Gasteiger partial charge in [-0.15, -0.1) is 11.8 Å². The summed E-state index contributed by atoms with van der Waals surface area (Å²) in [5.41, 5.74) is -0.0356. The fraction of sp³-hybridized carbons (Fsp3) is 0.556. The summed E-state index contributed by atoms with van der Waals surface area (Å²) in [6, 6.07) is 4.78. The molecule has 1 aliphatic rings. The van der Waals surface area contributed by atoms with E-state index < -0.39 is 11.7 Å². The van der Waals surface area contributed by atoms with Crippen LogP contribution >= 0.6 is 11.8 Å². The number of hydrogen-bond acceptors (Lipinski definition) is 3. The van der Waals surface area contributed by atoms with Crippen molar-refractivity contribution in [3.63, 3.8) is 0 Å². The van der Waals surface area contributed by atoms with Crippen molar-refractivity contribution in [2.45, 2.75) is 37.1 Å². The average Bonchev–Trinajstić information content (AvgIpc) is 2.89. The van der Waals surface area contributed by atoms with E-state index in [2.05, 4.69) is 5.32 Å². The van der Waals surface area contributed by atoms with Gasteiger partial charge in [-0.3, -0.25) is 4.79 Å². The van der Waals surface area contributed by atoms with Crippen molar-refractivity contribution in [3.05, 3.63) is 35.4 Å². The highest BCUT2D eigenvalue weighted by molar-refractivity contribution is 8.01. The summed E-state index contributed by atoms with van der Waals surface area (Å²) >= 11 is 1.42. The van der Waals surface area contributed by atoms with E-state index in [9.17, 15) is 22.8 Å². The van der Waals surface area contributed by atoms with Gasteiger partial charge in [0.1, 0.15) is 5.37 Å². The number of urea groups is 1. The molecule has 0 radical (unpaired) electrons. The third-order valence-electron chi connectivity index (χ3n) is 4.34. The van der Waals surface area contributed by atoms with E-state index in [1.807, 2.05) is 6.92 Å². The van der Waals surface area contributed by atoms with Gasteiger partial charge >= 0.3 is 12.2 Å². The van der Waals surface area contributed by atoms with Gasteiger partial charge in [0, 0.05) is 26.7 Å². The molecule has 1 aromatic rings. The van der Waals surface area contributed by atoms with Crippen LogP contribution in [-0.4, -0.2) is 53.7 Å². The second kappa shape index (κ2) is 8.86. The monoisotopic (exact) mass is 403 g/mol. The lowest BCUT2D eigenvalue weighted by Crippen LogP contribution is -2.39. The zero-order valence-electron chi connectivity index (χ0n) is 15.5. The lowest BCUT2D eigenvalue weighted by Gasteiger charge is -2.26. The van der Waals surface area contributed by atoms with E-state index in [1.54, 1.807) is 23.8 Å². The van der Waals surface area contributed by atoms with Crippen LogP contribution in [0.15, 0.2) is 24.3 Å². The Morgan fingerprint density at radius 3 is 2.48 bits per heavy atom. The molecule has 1 heterocycles. The molecule has 2 rings (SSSR count). The van der Waals surface area contributed by atoms with Crippen LogP contribution in [0.3, 0.4) is 0 Å². The van der Waals surface area contributed by atoms with Gasteiger partial charge in [0.2, 0.25) is 5.91 Å². The Bertz CT molecular complexity index is 667. The number of nitrogens with one attached hydrogen (secondary N) is 1. The highest BCUT2D eigenvalue weighted by Crippen LogP contribution is 2.43. The molecule has 1 N–H and O–H groups in total. The standard InChI is InChI=1S/C18H24F3N3O2S/c1-4-22-17(26)23(3)10-5-11-24-15(25)12(2)27-16(24)13-6-8-14(9-7-13)18(19,20)21/h6-9,12,16H,4-5,10-11H2,1-3H3,(H,22,26)/t12-,16-/m1/s1. The van der Waals surface area contributed by atoms with Crippen LogP contribution in [0.1, 0.15) is 36.8 Å². The van der Waals surface area contributed by atoms with Gasteiger partial charge in [-0.1, -0.05) is 12.1 Å². The third kappa shape index (κ3) is 5.31. The number of thioether (sulfide) groups is 1. The van der Waals surface area contributed by atoms with Crippen LogP contribution in [0.5, 0.6) is 0 Å². The van der Waals surface area contributed by atoms with Crippen molar-refractivity contribution in [1.82, 2.24) is 15.1 Å². The Labute approximate surface area is 161 Å². The van der Waals surface area contributed by atoms with Gasteiger partial charge in [0.25, 0.3) is 0 Å². The molecule has 1 aliphatic heterocycles. The maximum absolute atomic E-state index is 12.8. The first kappa shape index (κ1) is 21.4. The number of alkyl halides is 3. The van der Waals surface area contributed by atoms with Crippen LogP contribution in [0.25, 0.3) is 0 Å². The first-order chi connectivity index (χ1) is 12.6. The molecule has 0 saturated carbocycles. The van der Waals surface area contributed by atoms with E-state index in [0.717, 1.165) is 12.1 Å².